The van der Waals surface area contributed by atoms with Gasteiger partial charge in [-0.3, -0.25) is 0 Å². The normalized spacial score (nSPS) is 20.6. The average molecular weight is 395 g/mol. The van der Waals surface area contributed by atoms with Crippen molar-refractivity contribution in [2.75, 3.05) is 0 Å². The molecule has 0 spiro atoms. The van der Waals surface area contributed by atoms with Crippen molar-refractivity contribution in [3.05, 3.63) is 11.6 Å². The van der Waals surface area contributed by atoms with Gasteiger partial charge in [-0.25, -0.2) is 0 Å². The van der Waals surface area contributed by atoms with Crippen LogP contribution >= 0.6 is 25.3 Å². The van der Waals surface area contributed by atoms with Crippen molar-refractivity contribution in [3.8, 4) is 0 Å². The number of nitrogens with zero attached hydrogens (tertiary/aromatic N) is 6. The monoisotopic (exact) mass is 394 g/mol. The molecule has 0 bridgehead atoms. The van der Waals surface area contributed by atoms with E-state index in [-0.39, 0.29) is 0 Å². The molecule has 0 amide bonds. The van der Waals surface area contributed by atoms with Gasteiger partial charge in [0.25, 0.3) is 0 Å². The molecule has 0 N–H and O–H groups in total. The smallest absolute Gasteiger partial charge is 0.188 e. The second-order valence-corrected chi connectivity index (χ2v) is 8.08. The summed E-state index contributed by atoms with van der Waals surface area (Å²) in [4.78, 5) is 0. The molecule has 1 aliphatic carbocycles. The first-order chi connectivity index (χ1) is 12.7. The van der Waals surface area contributed by atoms with Gasteiger partial charge in [-0.15, -0.1) is 45.7 Å². The van der Waals surface area contributed by atoms with E-state index in [1.165, 1.54) is 0 Å². The topological polar surface area (TPSA) is 61.4 Å². The third-order valence-corrected chi connectivity index (χ3v) is 6.11. The molecular weight excluding hydrogens is 364 g/mol. The number of unbranched alkanes of at least 4 members (excludes halogenated alkanes) is 2. The van der Waals surface area contributed by atoms with Crippen LogP contribution in [0.5, 0.6) is 0 Å². The second kappa shape index (κ2) is 9.26. The minimum Gasteiger partial charge on any atom is -0.306 e. The standard InChI is InChI=1S/C18H30N6S2/c1-3-5-11-23-15(19-21-17(23)25)13-7-9-14(10-8-13)16-20-22-18(26)24(16)12-6-4-2/h13-14H,3-12H2,1-2H3,(H,21,25)(H,22,26). The van der Waals surface area contributed by atoms with E-state index in [9.17, 15) is 0 Å². The van der Waals surface area contributed by atoms with Crippen molar-refractivity contribution in [1.29, 1.82) is 0 Å². The summed E-state index contributed by atoms with van der Waals surface area (Å²) in [6.07, 6.45) is 9.07. The van der Waals surface area contributed by atoms with Gasteiger partial charge in [0.15, 0.2) is 10.3 Å². The van der Waals surface area contributed by atoms with Crippen molar-refractivity contribution < 1.29 is 0 Å². The van der Waals surface area contributed by atoms with E-state index in [1.54, 1.807) is 0 Å². The van der Waals surface area contributed by atoms with Crippen LogP contribution in [0, 0.1) is 0 Å². The van der Waals surface area contributed by atoms with Gasteiger partial charge >= 0.3 is 0 Å². The molecular formula is C18H30N6S2. The van der Waals surface area contributed by atoms with Crippen molar-refractivity contribution in [2.24, 2.45) is 0 Å². The van der Waals surface area contributed by atoms with Crippen LogP contribution in [0.4, 0.5) is 0 Å². The third-order valence-electron chi connectivity index (χ3n) is 5.45. The Morgan fingerprint density at radius 3 is 1.46 bits per heavy atom. The van der Waals surface area contributed by atoms with Crippen molar-refractivity contribution >= 4 is 25.3 Å². The lowest BCUT2D eigenvalue weighted by molar-refractivity contribution is 0.353. The highest BCUT2D eigenvalue weighted by Crippen LogP contribution is 2.40. The third kappa shape index (κ3) is 4.27. The summed E-state index contributed by atoms with van der Waals surface area (Å²) in [7, 11) is 0. The average Bonchev–Trinajstić information content (AvgIpc) is 3.21. The molecule has 26 heavy (non-hydrogen) atoms. The molecule has 1 saturated carbocycles. The van der Waals surface area contributed by atoms with Crippen LogP contribution in [0.3, 0.4) is 0 Å². The quantitative estimate of drug-likeness (QED) is 0.648. The predicted octanol–water partition coefficient (Wildman–Crippen LogP) is 4.49. The van der Waals surface area contributed by atoms with E-state index in [0.29, 0.717) is 11.8 Å². The molecule has 0 atom stereocenters. The summed E-state index contributed by atoms with van der Waals surface area (Å²) >= 11 is 8.99. The Bertz CT molecular complexity index is 642. The highest BCUT2D eigenvalue weighted by Gasteiger charge is 2.30. The fourth-order valence-corrected chi connectivity index (χ4v) is 4.38. The van der Waals surface area contributed by atoms with E-state index in [1.807, 2.05) is 0 Å². The fraction of sp³-hybridized carbons (Fsp3) is 0.778. The fourth-order valence-electron chi connectivity index (χ4n) is 3.89. The molecule has 2 heterocycles. The SMILES string of the molecule is CCCCn1c(S)nnc1C1CCC(c2nnc(S)n2CCCC)CC1. The van der Waals surface area contributed by atoms with E-state index in [4.69, 9.17) is 0 Å². The summed E-state index contributed by atoms with van der Waals surface area (Å²) in [6, 6.07) is 0. The molecule has 6 nitrogen and oxygen atoms in total. The van der Waals surface area contributed by atoms with Crippen LogP contribution < -0.4 is 0 Å². The van der Waals surface area contributed by atoms with Gasteiger partial charge in [0, 0.05) is 24.9 Å². The van der Waals surface area contributed by atoms with E-state index < -0.39 is 0 Å². The maximum atomic E-state index is 4.49. The molecule has 0 aromatic carbocycles. The molecule has 2 aromatic heterocycles. The molecule has 3 rings (SSSR count). The lowest BCUT2D eigenvalue weighted by Gasteiger charge is -2.28. The van der Waals surface area contributed by atoms with Crippen LogP contribution in [0.1, 0.15) is 88.7 Å². The maximum absolute atomic E-state index is 4.49. The molecule has 1 aliphatic rings. The lowest BCUT2D eigenvalue weighted by atomic mass is 9.81. The van der Waals surface area contributed by atoms with Crippen LogP contribution in [-0.2, 0) is 13.1 Å². The zero-order valence-corrected chi connectivity index (χ0v) is 17.6. The molecule has 0 radical (unpaired) electrons. The molecule has 0 saturated heterocycles. The summed E-state index contributed by atoms with van der Waals surface area (Å²) in [5, 5.41) is 18.8. The highest BCUT2D eigenvalue weighted by molar-refractivity contribution is 7.80. The van der Waals surface area contributed by atoms with Crippen molar-refractivity contribution in [1.82, 2.24) is 29.5 Å². The number of aromatic nitrogens is 6. The largest absolute Gasteiger partial charge is 0.306 e. The molecule has 144 valence electrons. The molecule has 0 aliphatic heterocycles. The van der Waals surface area contributed by atoms with Crippen LogP contribution in [-0.4, -0.2) is 29.5 Å². The van der Waals surface area contributed by atoms with E-state index in [2.05, 4.69) is 68.6 Å². The molecule has 8 heteroatoms. The van der Waals surface area contributed by atoms with Gasteiger partial charge in [-0.05, 0) is 38.5 Å². The van der Waals surface area contributed by atoms with Gasteiger partial charge in [0.2, 0.25) is 0 Å². The van der Waals surface area contributed by atoms with Gasteiger partial charge in [-0.1, -0.05) is 26.7 Å². The number of hydrogen-bond acceptors (Lipinski definition) is 6. The minimum atomic E-state index is 0.471. The van der Waals surface area contributed by atoms with Crippen molar-refractivity contribution in [2.45, 2.75) is 100 Å². The molecule has 1 fully saturated rings. The zero-order chi connectivity index (χ0) is 18.5. The molecule has 0 unspecified atom stereocenters. The summed E-state index contributed by atoms with van der Waals surface area (Å²) in [6.45, 7) is 6.34. The number of thiol groups is 2. The van der Waals surface area contributed by atoms with Gasteiger partial charge < -0.3 is 9.13 Å². The Hall–Kier alpha value is -1.02. The molecule has 2 aromatic rings. The Morgan fingerprint density at radius 1 is 0.731 bits per heavy atom. The van der Waals surface area contributed by atoms with Crippen LogP contribution in [0.15, 0.2) is 10.3 Å². The first-order valence-corrected chi connectivity index (χ1v) is 10.8. The Balaban J connectivity index is 1.67. The second-order valence-electron chi connectivity index (χ2n) is 7.28. The van der Waals surface area contributed by atoms with Crippen molar-refractivity contribution in [3.63, 3.8) is 0 Å². The minimum absolute atomic E-state index is 0.471. The summed E-state index contributed by atoms with van der Waals surface area (Å²) < 4.78 is 4.40. The summed E-state index contributed by atoms with van der Waals surface area (Å²) in [5.74, 6) is 3.17. The first kappa shape index (κ1) is 19.7. The van der Waals surface area contributed by atoms with Gasteiger partial charge in [0.05, 0.1) is 0 Å². The lowest BCUT2D eigenvalue weighted by Crippen LogP contribution is -2.19. The van der Waals surface area contributed by atoms with E-state index in [0.717, 1.165) is 86.4 Å². The maximum Gasteiger partial charge on any atom is 0.188 e. The van der Waals surface area contributed by atoms with Crippen LogP contribution in [0.25, 0.3) is 0 Å². The Labute approximate surface area is 167 Å². The van der Waals surface area contributed by atoms with Gasteiger partial charge in [-0.2, -0.15) is 0 Å². The van der Waals surface area contributed by atoms with E-state index >= 15 is 0 Å². The van der Waals surface area contributed by atoms with Gasteiger partial charge in [0.1, 0.15) is 11.6 Å². The number of hydrogen-bond donors (Lipinski definition) is 2. The van der Waals surface area contributed by atoms with Crippen LogP contribution in [0.2, 0.25) is 0 Å². The number of rotatable bonds is 8. The summed E-state index contributed by atoms with van der Waals surface area (Å²) in [5.41, 5.74) is 0. The Kier molecular flexibility index (Phi) is 7.03. The predicted molar refractivity (Wildman–Crippen MR) is 108 cm³/mol. The Morgan fingerprint density at radius 2 is 1.12 bits per heavy atom. The first-order valence-electron chi connectivity index (χ1n) is 9.89. The highest BCUT2D eigenvalue weighted by atomic mass is 32.1. The zero-order valence-electron chi connectivity index (χ0n) is 15.8.